The number of carboxylic acid groups (broad SMARTS) is 1. The number of carbonyl (C=O) groups is 2. The van der Waals surface area contributed by atoms with Crippen LogP contribution < -0.4 is 9.64 Å². The number of anilines is 1. The average molecular weight is 341 g/mol. The Balaban J connectivity index is 1.93. The molecule has 0 heterocycles. The van der Waals surface area contributed by atoms with Crippen molar-refractivity contribution in [2.24, 2.45) is 0 Å². The van der Waals surface area contributed by atoms with Crippen molar-refractivity contribution in [3.8, 4) is 5.75 Å². The van der Waals surface area contributed by atoms with E-state index in [1.807, 2.05) is 0 Å². The van der Waals surface area contributed by atoms with Crippen molar-refractivity contribution < 1.29 is 19.4 Å². The predicted molar refractivity (Wildman–Crippen MR) is 97.2 cm³/mol. The molecule has 0 bridgehead atoms. The summed E-state index contributed by atoms with van der Waals surface area (Å²) in [6.07, 6.45) is 1.13. The second-order valence-corrected chi connectivity index (χ2v) is 6.13. The van der Waals surface area contributed by atoms with Gasteiger partial charge in [0.25, 0.3) is 0 Å². The molecule has 0 saturated carbocycles. The van der Waals surface area contributed by atoms with Gasteiger partial charge in [0.05, 0.1) is 0 Å². The number of rotatable bonds is 7. The lowest BCUT2D eigenvalue weighted by Gasteiger charge is -2.18. The van der Waals surface area contributed by atoms with Gasteiger partial charge in [0.1, 0.15) is 5.75 Å². The van der Waals surface area contributed by atoms with Crippen LogP contribution in [-0.2, 0) is 16.0 Å². The molecule has 0 aromatic heterocycles. The molecule has 1 N–H and O–H groups in total. The molecule has 0 saturated heterocycles. The fourth-order valence-electron chi connectivity index (χ4n) is 2.69. The van der Waals surface area contributed by atoms with Crippen molar-refractivity contribution >= 4 is 17.6 Å². The summed E-state index contributed by atoms with van der Waals surface area (Å²) in [7, 11) is 1.73. The van der Waals surface area contributed by atoms with Gasteiger partial charge in [-0.3, -0.25) is 4.79 Å². The normalized spacial score (nSPS) is 10.4. The Morgan fingerprint density at radius 1 is 1.04 bits per heavy atom. The highest BCUT2D eigenvalue weighted by atomic mass is 16.5. The van der Waals surface area contributed by atoms with Crippen LogP contribution in [0.25, 0.3) is 0 Å². The summed E-state index contributed by atoms with van der Waals surface area (Å²) >= 11 is 0. The van der Waals surface area contributed by atoms with Gasteiger partial charge in [0.2, 0.25) is 5.91 Å². The number of ether oxygens (including phenoxy) is 1. The fraction of sp³-hybridized carbons (Fsp3) is 0.300. The summed E-state index contributed by atoms with van der Waals surface area (Å²) in [6, 6.07) is 13.1. The molecule has 2 aromatic rings. The Bertz CT molecular complexity index is 733. The largest absolute Gasteiger partial charge is 0.482 e. The van der Waals surface area contributed by atoms with Crippen LogP contribution in [0.4, 0.5) is 5.69 Å². The van der Waals surface area contributed by atoms with E-state index in [0.29, 0.717) is 18.6 Å². The van der Waals surface area contributed by atoms with Gasteiger partial charge in [0.15, 0.2) is 6.61 Å². The highest BCUT2D eigenvalue weighted by Crippen LogP contribution is 2.20. The molecule has 1 amide bonds. The van der Waals surface area contributed by atoms with Crippen molar-refractivity contribution in [1.29, 1.82) is 0 Å². The zero-order valence-corrected chi connectivity index (χ0v) is 14.8. The third-order valence-corrected chi connectivity index (χ3v) is 3.87. The fourth-order valence-corrected chi connectivity index (χ4v) is 2.69. The van der Waals surface area contributed by atoms with Crippen molar-refractivity contribution in [2.45, 2.75) is 26.7 Å². The van der Waals surface area contributed by atoms with Crippen LogP contribution in [0.1, 0.15) is 23.1 Å². The summed E-state index contributed by atoms with van der Waals surface area (Å²) < 4.78 is 5.09. The molecule has 0 atom stereocenters. The van der Waals surface area contributed by atoms with Crippen LogP contribution in [0, 0.1) is 13.8 Å². The lowest BCUT2D eigenvalue weighted by atomic mass is 10.0. The molecule has 25 heavy (non-hydrogen) atoms. The first-order valence-corrected chi connectivity index (χ1v) is 8.13. The van der Waals surface area contributed by atoms with E-state index in [1.54, 1.807) is 36.2 Å². The van der Waals surface area contributed by atoms with E-state index in [1.165, 1.54) is 11.1 Å². The van der Waals surface area contributed by atoms with Gasteiger partial charge >= 0.3 is 5.97 Å². The van der Waals surface area contributed by atoms with E-state index in [2.05, 4.69) is 32.0 Å². The summed E-state index contributed by atoms with van der Waals surface area (Å²) in [5.41, 5.74) is 4.31. The number of amides is 1. The van der Waals surface area contributed by atoms with E-state index in [-0.39, 0.29) is 12.5 Å². The average Bonchev–Trinajstić information content (AvgIpc) is 2.57. The maximum Gasteiger partial charge on any atom is 0.341 e. The van der Waals surface area contributed by atoms with Gasteiger partial charge in [-0.2, -0.15) is 0 Å². The van der Waals surface area contributed by atoms with Crippen LogP contribution in [0.2, 0.25) is 0 Å². The Morgan fingerprint density at radius 2 is 1.64 bits per heavy atom. The van der Waals surface area contributed by atoms with E-state index in [4.69, 9.17) is 9.84 Å². The molecule has 0 spiro atoms. The SMILES string of the molecule is Cc1cc(C)cc(CCC(=O)N(C)c2ccc(OCC(=O)O)cc2)c1. The van der Waals surface area contributed by atoms with Crippen molar-refractivity contribution in [2.75, 3.05) is 18.6 Å². The molecule has 2 aromatic carbocycles. The van der Waals surface area contributed by atoms with Crippen LogP contribution in [0.3, 0.4) is 0 Å². The molecule has 5 heteroatoms. The number of hydrogen-bond donors (Lipinski definition) is 1. The molecular weight excluding hydrogens is 318 g/mol. The minimum Gasteiger partial charge on any atom is -0.482 e. The zero-order valence-electron chi connectivity index (χ0n) is 14.8. The predicted octanol–water partition coefficient (Wildman–Crippen LogP) is 3.36. The minimum absolute atomic E-state index is 0.0263. The highest BCUT2D eigenvalue weighted by Gasteiger charge is 2.11. The molecule has 5 nitrogen and oxygen atoms in total. The molecule has 0 aliphatic carbocycles. The quantitative estimate of drug-likeness (QED) is 0.838. The Hall–Kier alpha value is -2.82. The molecule has 0 aliphatic rings. The number of hydrogen-bond acceptors (Lipinski definition) is 3. The van der Waals surface area contributed by atoms with Gasteiger partial charge in [-0.25, -0.2) is 4.79 Å². The number of carbonyl (C=O) groups excluding carboxylic acids is 1. The third kappa shape index (κ3) is 5.64. The lowest BCUT2D eigenvalue weighted by Crippen LogP contribution is -2.26. The maximum atomic E-state index is 12.4. The standard InChI is InChI=1S/C20H23NO4/c1-14-10-15(2)12-16(11-14)4-9-19(22)21(3)17-5-7-18(8-6-17)25-13-20(23)24/h5-8,10-12H,4,9,13H2,1-3H3,(H,23,24). The first-order valence-electron chi connectivity index (χ1n) is 8.13. The van der Waals surface area contributed by atoms with Crippen LogP contribution >= 0.6 is 0 Å². The van der Waals surface area contributed by atoms with Crippen LogP contribution in [0.15, 0.2) is 42.5 Å². The zero-order chi connectivity index (χ0) is 18.4. The minimum atomic E-state index is -1.03. The smallest absolute Gasteiger partial charge is 0.341 e. The van der Waals surface area contributed by atoms with Gasteiger partial charge in [-0.1, -0.05) is 29.3 Å². The summed E-state index contributed by atoms with van der Waals surface area (Å²) in [5, 5.41) is 8.60. The van der Waals surface area contributed by atoms with Crippen molar-refractivity contribution in [3.63, 3.8) is 0 Å². The number of carboxylic acids is 1. The van der Waals surface area contributed by atoms with Crippen molar-refractivity contribution in [3.05, 3.63) is 59.2 Å². The summed E-state index contributed by atoms with van der Waals surface area (Å²) in [6.45, 7) is 3.72. The van der Waals surface area contributed by atoms with Crippen LogP contribution in [0.5, 0.6) is 5.75 Å². The first-order chi connectivity index (χ1) is 11.8. The second kappa shape index (κ2) is 8.33. The number of aliphatic carboxylic acids is 1. The number of nitrogens with zero attached hydrogens (tertiary/aromatic N) is 1. The molecule has 0 radical (unpaired) electrons. The van der Waals surface area contributed by atoms with E-state index in [0.717, 1.165) is 11.3 Å². The summed E-state index contributed by atoms with van der Waals surface area (Å²) in [4.78, 5) is 24.5. The molecular formula is C20H23NO4. The molecule has 2 rings (SSSR count). The molecule has 132 valence electrons. The number of aryl methyl sites for hydroxylation is 3. The van der Waals surface area contributed by atoms with Gasteiger partial charge in [-0.05, 0) is 50.1 Å². The Labute approximate surface area is 147 Å². The first kappa shape index (κ1) is 18.5. The monoisotopic (exact) mass is 341 g/mol. The van der Waals surface area contributed by atoms with Gasteiger partial charge < -0.3 is 14.7 Å². The molecule has 0 fully saturated rings. The highest BCUT2D eigenvalue weighted by molar-refractivity contribution is 5.92. The topological polar surface area (TPSA) is 66.8 Å². The molecule has 0 aliphatic heterocycles. The van der Waals surface area contributed by atoms with Gasteiger partial charge in [0, 0.05) is 19.2 Å². The molecule has 0 unspecified atom stereocenters. The van der Waals surface area contributed by atoms with E-state index in [9.17, 15) is 9.59 Å². The maximum absolute atomic E-state index is 12.4. The lowest BCUT2D eigenvalue weighted by molar-refractivity contribution is -0.139. The number of benzene rings is 2. The van der Waals surface area contributed by atoms with Gasteiger partial charge in [-0.15, -0.1) is 0 Å². The third-order valence-electron chi connectivity index (χ3n) is 3.87. The van der Waals surface area contributed by atoms with E-state index >= 15 is 0 Å². The van der Waals surface area contributed by atoms with E-state index < -0.39 is 5.97 Å². The summed E-state index contributed by atoms with van der Waals surface area (Å²) in [5.74, 6) is -0.539. The van der Waals surface area contributed by atoms with Crippen LogP contribution in [-0.4, -0.2) is 30.6 Å². The Kier molecular flexibility index (Phi) is 6.17. The second-order valence-electron chi connectivity index (χ2n) is 6.13. The Morgan fingerprint density at radius 3 is 2.20 bits per heavy atom. The van der Waals surface area contributed by atoms with Crippen molar-refractivity contribution in [1.82, 2.24) is 0 Å².